The number of nitrogens with two attached hydrogens (primary N) is 2. The molecule has 0 aliphatic rings. The van der Waals surface area contributed by atoms with Gasteiger partial charge in [-0.25, -0.2) is 0 Å². The van der Waals surface area contributed by atoms with Gasteiger partial charge >= 0.3 is 0 Å². The molecule has 0 atom stereocenters. The zero-order valence-corrected chi connectivity index (χ0v) is 7.96. The third-order valence-electron chi connectivity index (χ3n) is 1.58. The molecule has 0 rings (SSSR count). The van der Waals surface area contributed by atoms with Crippen LogP contribution in [0.4, 0.5) is 0 Å². The molecule has 2 heteroatoms. The Balaban J connectivity index is 4.48. The third kappa shape index (κ3) is 4.01. The first-order valence-corrected chi connectivity index (χ1v) is 3.96. The molecule has 0 aliphatic heterocycles. The fourth-order valence-corrected chi connectivity index (χ4v) is 0.690. The average molecular weight is 176 g/mol. The molecule has 0 aliphatic carbocycles. The summed E-state index contributed by atoms with van der Waals surface area (Å²) < 4.78 is 0. The molecule has 0 saturated carbocycles. The second-order valence-corrected chi connectivity index (χ2v) is 2.60. The molecule has 70 valence electrons. The molecule has 2 nitrogen and oxygen atoms in total. The quantitative estimate of drug-likeness (QED) is 0.643. The zero-order chi connectivity index (χ0) is 10.3. The Bertz CT molecular complexity index is 280. The summed E-state index contributed by atoms with van der Waals surface area (Å²) in [5.41, 5.74) is 13.3. The summed E-state index contributed by atoms with van der Waals surface area (Å²) in [5.74, 6) is 0. The minimum atomic E-state index is 0.818. The maximum atomic E-state index is 5.36. The molecule has 0 saturated heterocycles. The topological polar surface area (TPSA) is 52.0 Å². The highest BCUT2D eigenvalue weighted by molar-refractivity contribution is 5.44. The van der Waals surface area contributed by atoms with E-state index in [2.05, 4.69) is 13.2 Å². The standard InChI is InChI=1S/C11H16N2/c1-4-11(8-13)10(3)6-5-9(2)7-12/h4-8H,1,3,12-13H2,2H3/b6-5-,9-7-,11-8+. The van der Waals surface area contributed by atoms with Gasteiger partial charge in [0.25, 0.3) is 0 Å². The van der Waals surface area contributed by atoms with Crippen LogP contribution in [0, 0.1) is 0 Å². The van der Waals surface area contributed by atoms with E-state index in [1.54, 1.807) is 6.08 Å². The molecule has 0 aromatic rings. The van der Waals surface area contributed by atoms with Gasteiger partial charge in [-0.3, -0.25) is 0 Å². The Kier molecular flexibility index (Phi) is 5.12. The number of allylic oxidation sites excluding steroid dienone is 6. The van der Waals surface area contributed by atoms with Crippen LogP contribution in [0.25, 0.3) is 0 Å². The van der Waals surface area contributed by atoms with E-state index >= 15 is 0 Å². The fourth-order valence-electron chi connectivity index (χ4n) is 0.690. The van der Waals surface area contributed by atoms with Crippen molar-refractivity contribution in [2.45, 2.75) is 6.92 Å². The molecule has 0 aromatic heterocycles. The maximum absolute atomic E-state index is 5.36. The van der Waals surface area contributed by atoms with E-state index in [0.29, 0.717) is 0 Å². The van der Waals surface area contributed by atoms with Crippen LogP contribution in [0.2, 0.25) is 0 Å². The van der Waals surface area contributed by atoms with Gasteiger partial charge in [0, 0.05) is 6.20 Å². The number of hydrogen-bond acceptors (Lipinski definition) is 2. The van der Waals surface area contributed by atoms with Crippen LogP contribution < -0.4 is 11.5 Å². The van der Waals surface area contributed by atoms with Crippen molar-refractivity contribution in [3.8, 4) is 0 Å². The molecule has 0 spiro atoms. The maximum Gasteiger partial charge on any atom is 0.00171 e. The van der Waals surface area contributed by atoms with E-state index in [4.69, 9.17) is 11.5 Å². The van der Waals surface area contributed by atoms with Gasteiger partial charge < -0.3 is 11.5 Å². The van der Waals surface area contributed by atoms with E-state index in [1.807, 2.05) is 19.1 Å². The molecule has 0 heterocycles. The summed E-state index contributed by atoms with van der Waals surface area (Å²) >= 11 is 0. The third-order valence-corrected chi connectivity index (χ3v) is 1.58. The molecule has 0 radical (unpaired) electrons. The van der Waals surface area contributed by atoms with Crippen molar-refractivity contribution < 1.29 is 0 Å². The summed E-state index contributed by atoms with van der Waals surface area (Å²) in [5, 5.41) is 0. The van der Waals surface area contributed by atoms with Crippen molar-refractivity contribution in [1.82, 2.24) is 0 Å². The summed E-state index contributed by atoms with van der Waals surface area (Å²) in [4.78, 5) is 0. The van der Waals surface area contributed by atoms with E-state index in [0.717, 1.165) is 16.7 Å². The van der Waals surface area contributed by atoms with Crippen molar-refractivity contribution in [3.05, 3.63) is 60.5 Å². The van der Waals surface area contributed by atoms with Gasteiger partial charge in [0.05, 0.1) is 0 Å². The minimum Gasteiger partial charge on any atom is -0.404 e. The van der Waals surface area contributed by atoms with E-state index in [9.17, 15) is 0 Å². The largest absolute Gasteiger partial charge is 0.404 e. The van der Waals surface area contributed by atoms with Crippen LogP contribution in [0.3, 0.4) is 0 Å². The first kappa shape index (κ1) is 11.3. The molecular formula is C11H16N2. The summed E-state index contributed by atoms with van der Waals surface area (Å²) in [6.07, 6.45) is 8.38. The molecule has 0 bridgehead atoms. The van der Waals surface area contributed by atoms with Crippen molar-refractivity contribution >= 4 is 0 Å². The van der Waals surface area contributed by atoms with Crippen LogP contribution in [0.1, 0.15) is 6.92 Å². The number of rotatable bonds is 4. The lowest BCUT2D eigenvalue weighted by Crippen LogP contribution is -1.87. The molecular weight excluding hydrogens is 160 g/mol. The summed E-state index contributed by atoms with van der Waals surface area (Å²) in [6.45, 7) is 9.35. The highest BCUT2D eigenvalue weighted by Gasteiger charge is 1.91. The predicted molar refractivity (Wildman–Crippen MR) is 58.7 cm³/mol. The normalized spacial score (nSPS) is 13.3. The van der Waals surface area contributed by atoms with Gasteiger partial charge in [0.1, 0.15) is 0 Å². The minimum absolute atomic E-state index is 0.818. The molecule has 13 heavy (non-hydrogen) atoms. The van der Waals surface area contributed by atoms with E-state index in [-0.39, 0.29) is 0 Å². The highest BCUT2D eigenvalue weighted by Crippen LogP contribution is 2.09. The van der Waals surface area contributed by atoms with Crippen LogP contribution in [-0.2, 0) is 0 Å². The van der Waals surface area contributed by atoms with Crippen molar-refractivity contribution in [2.75, 3.05) is 0 Å². The predicted octanol–water partition coefficient (Wildman–Crippen LogP) is 1.99. The van der Waals surface area contributed by atoms with Crippen molar-refractivity contribution in [2.24, 2.45) is 11.5 Å². The molecule has 0 fully saturated rings. The van der Waals surface area contributed by atoms with E-state index < -0.39 is 0 Å². The summed E-state index contributed by atoms with van der Waals surface area (Å²) in [6, 6.07) is 0. The Labute approximate surface area is 79.6 Å². The van der Waals surface area contributed by atoms with Crippen LogP contribution in [0.5, 0.6) is 0 Å². The second-order valence-electron chi connectivity index (χ2n) is 2.60. The van der Waals surface area contributed by atoms with Gasteiger partial charge in [-0.15, -0.1) is 0 Å². The SMILES string of the molecule is C=C/C(=C\N)C(=C)/C=C\C(C)=C/N. The molecule has 0 unspecified atom stereocenters. The first-order valence-electron chi connectivity index (χ1n) is 3.96. The molecule has 0 amide bonds. The van der Waals surface area contributed by atoms with Gasteiger partial charge in [0.2, 0.25) is 0 Å². The van der Waals surface area contributed by atoms with Gasteiger partial charge in [-0.1, -0.05) is 31.4 Å². The molecule has 0 aromatic carbocycles. The smallest absolute Gasteiger partial charge is 0.00171 e. The fraction of sp³-hybridized carbons (Fsp3) is 0.0909. The monoisotopic (exact) mass is 176 g/mol. The van der Waals surface area contributed by atoms with Crippen molar-refractivity contribution in [3.63, 3.8) is 0 Å². The number of hydrogen-bond donors (Lipinski definition) is 2. The lowest BCUT2D eigenvalue weighted by Gasteiger charge is -1.98. The average Bonchev–Trinajstić information content (AvgIpc) is 2.16. The Morgan fingerprint density at radius 3 is 2.15 bits per heavy atom. The Morgan fingerprint density at radius 2 is 1.77 bits per heavy atom. The van der Waals surface area contributed by atoms with Crippen LogP contribution in [0.15, 0.2) is 60.5 Å². The lowest BCUT2D eigenvalue weighted by atomic mass is 10.1. The summed E-state index contributed by atoms with van der Waals surface area (Å²) in [7, 11) is 0. The molecule has 4 N–H and O–H groups in total. The Hall–Kier alpha value is -1.70. The van der Waals surface area contributed by atoms with Crippen LogP contribution >= 0.6 is 0 Å². The zero-order valence-electron chi connectivity index (χ0n) is 7.96. The van der Waals surface area contributed by atoms with Crippen molar-refractivity contribution in [1.29, 1.82) is 0 Å². The second kappa shape index (κ2) is 5.89. The highest BCUT2D eigenvalue weighted by atomic mass is 14.5. The van der Waals surface area contributed by atoms with Gasteiger partial charge in [-0.2, -0.15) is 0 Å². The first-order chi connectivity index (χ1) is 6.15. The van der Waals surface area contributed by atoms with Gasteiger partial charge in [0.15, 0.2) is 0 Å². The Morgan fingerprint density at radius 1 is 1.15 bits per heavy atom. The van der Waals surface area contributed by atoms with Crippen LogP contribution in [-0.4, -0.2) is 0 Å². The van der Waals surface area contributed by atoms with E-state index in [1.165, 1.54) is 12.4 Å². The lowest BCUT2D eigenvalue weighted by molar-refractivity contribution is 1.42. The van der Waals surface area contributed by atoms with Gasteiger partial charge in [-0.05, 0) is 29.8 Å².